The Kier molecular flexibility index (Phi) is 7.62. The fourth-order valence-electron chi connectivity index (χ4n) is 5.10. The molecule has 0 saturated carbocycles. The zero-order valence-corrected chi connectivity index (χ0v) is 20.4. The Morgan fingerprint density at radius 2 is 1.81 bits per heavy atom. The van der Waals surface area contributed by atoms with Crippen LogP contribution in [0.1, 0.15) is 52.9 Å². The number of anilines is 1. The Hall–Kier alpha value is -2.98. The number of nitrogens with zero attached hydrogens (tertiary/aromatic N) is 1. The van der Waals surface area contributed by atoms with E-state index in [1.54, 1.807) is 12.1 Å². The molecule has 1 saturated heterocycles. The summed E-state index contributed by atoms with van der Waals surface area (Å²) < 4.78 is 73.3. The number of nitrogens with two attached hydrogens (primary N) is 1. The number of hydrogen-bond acceptors (Lipinski definition) is 4. The molecule has 4 unspecified atom stereocenters. The maximum Gasteiger partial charge on any atom is 0.416 e. The lowest BCUT2D eigenvalue weighted by molar-refractivity contribution is -0.137. The van der Waals surface area contributed by atoms with Gasteiger partial charge in [-0.2, -0.15) is 13.2 Å². The van der Waals surface area contributed by atoms with Crippen molar-refractivity contribution in [3.8, 4) is 0 Å². The van der Waals surface area contributed by atoms with Gasteiger partial charge in [-0.1, -0.05) is 12.1 Å². The smallest absolute Gasteiger partial charge is 0.378 e. The van der Waals surface area contributed by atoms with Crippen molar-refractivity contribution < 1.29 is 31.5 Å². The zero-order chi connectivity index (χ0) is 27.0. The van der Waals surface area contributed by atoms with Crippen LogP contribution in [-0.2, 0) is 16.8 Å². The number of hydrogen-bond donors (Lipinski definition) is 2. The van der Waals surface area contributed by atoms with Gasteiger partial charge in [-0.15, -0.1) is 6.58 Å². The molecule has 1 fully saturated rings. The topological polar surface area (TPSA) is 67.6 Å². The predicted molar refractivity (Wildman–Crippen MR) is 130 cm³/mol. The van der Waals surface area contributed by atoms with Crippen molar-refractivity contribution in [2.75, 3.05) is 25.0 Å². The number of ether oxygens (including phenoxy) is 1. The molecule has 10 heteroatoms. The molecule has 4 rings (SSSR count). The van der Waals surface area contributed by atoms with Crippen molar-refractivity contribution >= 4 is 11.6 Å². The van der Waals surface area contributed by atoms with Gasteiger partial charge in [0.2, 0.25) is 0 Å². The third-order valence-corrected chi connectivity index (χ3v) is 7.02. The van der Waals surface area contributed by atoms with E-state index in [9.17, 15) is 26.7 Å². The lowest BCUT2D eigenvalue weighted by Crippen LogP contribution is -2.47. The molecular weight excluding hydrogens is 493 g/mol. The van der Waals surface area contributed by atoms with Gasteiger partial charge in [0.05, 0.1) is 17.8 Å². The van der Waals surface area contributed by atoms with Gasteiger partial charge in [-0.25, -0.2) is 8.78 Å². The van der Waals surface area contributed by atoms with E-state index >= 15 is 0 Å². The Morgan fingerprint density at radius 1 is 1.14 bits per heavy atom. The fraction of sp³-hybridized carbons (Fsp3) is 0.444. The van der Waals surface area contributed by atoms with E-state index in [4.69, 9.17) is 10.5 Å². The van der Waals surface area contributed by atoms with Crippen LogP contribution < -0.4 is 11.1 Å². The van der Waals surface area contributed by atoms with E-state index < -0.39 is 35.8 Å². The van der Waals surface area contributed by atoms with Gasteiger partial charge in [0, 0.05) is 60.9 Å². The van der Waals surface area contributed by atoms with Crippen LogP contribution in [0.3, 0.4) is 0 Å². The molecular formula is C27H30F5N3O2. The Labute approximate surface area is 212 Å². The van der Waals surface area contributed by atoms with Crippen LogP contribution in [0.4, 0.5) is 27.6 Å². The number of nitrogens with one attached hydrogen (secondary N) is 1. The number of carbonyl (C=O) groups is 1. The lowest BCUT2D eigenvalue weighted by atomic mass is 9.78. The molecule has 2 heterocycles. The fourth-order valence-corrected chi connectivity index (χ4v) is 5.10. The number of fused-ring (bicyclic) bond motifs is 3. The maximum atomic E-state index is 14.1. The Balaban J connectivity index is 1.55. The average Bonchev–Trinajstić information content (AvgIpc) is 2.86. The Morgan fingerprint density at radius 3 is 2.41 bits per heavy atom. The normalized spacial score (nSPS) is 23.4. The largest absolute Gasteiger partial charge is 0.416 e. The van der Waals surface area contributed by atoms with Gasteiger partial charge in [0.1, 0.15) is 0 Å². The molecule has 0 spiro atoms. The minimum atomic E-state index is -4.50. The summed E-state index contributed by atoms with van der Waals surface area (Å²) in [7, 11) is 0. The average molecular weight is 524 g/mol. The van der Waals surface area contributed by atoms with Crippen molar-refractivity contribution in [3.63, 3.8) is 0 Å². The zero-order valence-electron chi connectivity index (χ0n) is 20.4. The highest BCUT2D eigenvalue weighted by molar-refractivity contribution is 5.94. The molecule has 5 nitrogen and oxygen atoms in total. The van der Waals surface area contributed by atoms with E-state index in [0.29, 0.717) is 24.1 Å². The van der Waals surface area contributed by atoms with Gasteiger partial charge in [-0.3, -0.25) is 4.79 Å². The summed E-state index contributed by atoms with van der Waals surface area (Å²) in [4.78, 5) is 14.6. The summed E-state index contributed by atoms with van der Waals surface area (Å²) in [6.07, 6.45) is -2.30. The second-order valence-electron chi connectivity index (χ2n) is 9.63. The van der Waals surface area contributed by atoms with E-state index in [-0.39, 0.29) is 42.7 Å². The minimum absolute atomic E-state index is 0.0319. The molecule has 37 heavy (non-hydrogen) atoms. The van der Waals surface area contributed by atoms with Crippen LogP contribution in [0, 0.1) is 5.92 Å². The standard InChI is InChI=1S/C27H30F5N3O2/c1-3-22-20-10-9-19(37-24(20)21-14-18(26(2,28)29)8-11-23(21)34-22)15-35(13-12-33)25(36)16-4-6-17(7-5-16)27(30,31)32/h3-8,11,14,19-20,22,24,34H,1,9-10,12-13,15,33H2,2H3. The molecule has 3 N–H and O–H groups in total. The lowest BCUT2D eigenvalue weighted by Gasteiger charge is -2.45. The summed E-state index contributed by atoms with van der Waals surface area (Å²) in [5.74, 6) is -3.50. The molecule has 2 aromatic carbocycles. The molecule has 4 atom stereocenters. The summed E-state index contributed by atoms with van der Waals surface area (Å²) in [5.41, 5.74) is 6.21. The van der Waals surface area contributed by atoms with Crippen molar-refractivity contribution in [1.29, 1.82) is 0 Å². The molecule has 1 amide bonds. The number of halogens is 5. The van der Waals surface area contributed by atoms with Crippen LogP contribution in [-0.4, -0.2) is 42.6 Å². The molecule has 0 radical (unpaired) electrons. The molecule has 0 bridgehead atoms. The minimum Gasteiger partial charge on any atom is -0.378 e. The SMILES string of the molecule is C=CC1Nc2ccc(C(C)(F)F)cc2C2OC(CN(CCN)C(=O)c3ccc(C(F)(F)F)cc3)CCC12. The van der Waals surface area contributed by atoms with Crippen molar-refractivity contribution in [2.24, 2.45) is 11.7 Å². The summed E-state index contributed by atoms with van der Waals surface area (Å²) >= 11 is 0. The highest BCUT2D eigenvalue weighted by Crippen LogP contribution is 2.47. The first-order chi connectivity index (χ1) is 17.4. The first-order valence-corrected chi connectivity index (χ1v) is 12.2. The van der Waals surface area contributed by atoms with Crippen LogP contribution in [0.15, 0.2) is 55.1 Å². The third kappa shape index (κ3) is 5.80. The summed E-state index contributed by atoms with van der Waals surface area (Å²) in [6.45, 7) is 5.26. The molecule has 2 aliphatic rings. The van der Waals surface area contributed by atoms with Crippen molar-refractivity contribution in [3.05, 3.63) is 77.4 Å². The summed E-state index contributed by atoms with van der Waals surface area (Å²) in [6, 6.07) is 8.41. The van der Waals surface area contributed by atoms with Crippen LogP contribution in [0.2, 0.25) is 0 Å². The second kappa shape index (κ2) is 10.4. The predicted octanol–water partition coefficient (Wildman–Crippen LogP) is 5.73. The first-order valence-electron chi connectivity index (χ1n) is 12.2. The van der Waals surface area contributed by atoms with E-state index in [2.05, 4.69) is 11.9 Å². The number of carbonyl (C=O) groups excluding carboxylic acids is 1. The van der Waals surface area contributed by atoms with Crippen LogP contribution in [0.5, 0.6) is 0 Å². The highest BCUT2D eigenvalue weighted by Gasteiger charge is 2.42. The number of benzene rings is 2. The third-order valence-electron chi connectivity index (χ3n) is 7.02. The van der Waals surface area contributed by atoms with E-state index in [1.807, 2.05) is 0 Å². The van der Waals surface area contributed by atoms with Crippen LogP contribution >= 0.6 is 0 Å². The van der Waals surface area contributed by atoms with Gasteiger partial charge in [0.25, 0.3) is 11.8 Å². The molecule has 2 aromatic rings. The van der Waals surface area contributed by atoms with Gasteiger partial charge >= 0.3 is 6.18 Å². The summed E-state index contributed by atoms with van der Waals surface area (Å²) in [5, 5.41) is 3.35. The highest BCUT2D eigenvalue weighted by atomic mass is 19.4. The monoisotopic (exact) mass is 523 g/mol. The van der Waals surface area contributed by atoms with Gasteiger partial charge in [-0.05, 0) is 49.2 Å². The van der Waals surface area contributed by atoms with Crippen molar-refractivity contribution in [2.45, 2.75) is 50.1 Å². The van der Waals surface area contributed by atoms with Gasteiger partial charge < -0.3 is 20.7 Å². The molecule has 200 valence electrons. The molecule has 0 aromatic heterocycles. The molecule has 0 aliphatic carbocycles. The van der Waals surface area contributed by atoms with Crippen LogP contribution in [0.25, 0.3) is 0 Å². The molecule has 2 aliphatic heterocycles. The number of rotatable bonds is 7. The first kappa shape index (κ1) is 27.1. The van der Waals surface area contributed by atoms with Crippen molar-refractivity contribution in [1.82, 2.24) is 4.90 Å². The van der Waals surface area contributed by atoms with Gasteiger partial charge in [0.15, 0.2) is 0 Å². The number of amides is 1. The maximum absolute atomic E-state index is 14.1. The number of alkyl halides is 5. The Bertz CT molecular complexity index is 1130. The van der Waals surface area contributed by atoms with E-state index in [0.717, 1.165) is 31.2 Å². The second-order valence-corrected chi connectivity index (χ2v) is 9.63. The van der Waals surface area contributed by atoms with E-state index in [1.165, 1.54) is 17.0 Å². The quantitative estimate of drug-likeness (QED) is 0.359.